The monoisotopic (exact) mass is 314 g/mol. The van der Waals surface area contributed by atoms with Crippen LogP contribution in [-0.4, -0.2) is 64.6 Å². The zero-order valence-corrected chi connectivity index (χ0v) is 12.7. The number of anilines is 1. The maximum Gasteiger partial charge on any atom is 0.266 e. The first-order valence-corrected chi connectivity index (χ1v) is 6.92. The van der Waals surface area contributed by atoms with E-state index in [9.17, 15) is 4.79 Å². The van der Waals surface area contributed by atoms with E-state index < -0.39 is 6.04 Å². The molecule has 2 rings (SSSR count). The summed E-state index contributed by atoms with van der Waals surface area (Å²) in [5.74, 6) is 0.176. The van der Waals surface area contributed by atoms with Gasteiger partial charge in [0.15, 0.2) is 11.2 Å². The van der Waals surface area contributed by atoms with E-state index >= 15 is 0 Å². The molecule has 1 unspecified atom stereocenters. The lowest BCUT2D eigenvalue weighted by Gasteiger charge is -2.24. The van der Waals surface area contributed by atoms with Crippen LogP contribution in [0.1, 0.15) is 13.0 Å². The number of hydrazine groups is 1. The third-order valence-corrected chi connectivity index (χ3v) is 3.27. The summed E-state index contributed by atoms with van der Waals surface area (Å²) in [6, 6.07) is -0.612. The summed E-state index contributed by atoms with van der Waals surface area (Å²) in [6.45, 7) is 4.37. The predicted octanol–water partition coefficient (Wildman–Crippen LogP) is -1.80. The quantitative estimate of drug-likeness (QED) is 0.439. The maximum atomic E-state index is 11.9. The van der Waals surface area contributed by atoms with E-state index in [0.717, 1.165) is 0 Å². The highest BCUT2D eigenvalue weighted by Crippen LogP contribution is 2.09. The molecule has 1 aromatic rings. The molecule has 0 aromatic carbocycles. The lowest BCUT2D eigenvalue weighted by molar-refractivity contribution is -0.125. The standard InChI is InChI=1S/C10H18N8O2S/c1-7(8(19)12-14-10(21)11-2)18-15-9(13-16-18)17-3-5-20-6-4-17/h7H,3-6H2,1-2H3,(H,12,19)(H2,11,14,21). The molecule has 1 amide bonds. The van der Waals surface area contributed by atoms with Crippen LogP contribution in [0.2, 0.25) is 0 Å². The summed E-state index contributed by atoms with van der Waals surface area (Å²) in [5, 5.41) is 15.1. The van der Waals surface area contributed by atoms with Crippen LogP contribution in [0.15, 0.2) is 0 Å². The van der Waals surface area contributed by atoms with Gasteiger partial charge in [0.05, 0.1) is 13.2 Å². The van der Waals surface area contributed by atoms with Crippen molar-refractivity contribution in [2.75, 3.05) is 38.3 Å². The lowest BCUT2D eigenvalue weighted by Crippen LogP contribution is -2.48. The maximum absolute atomic E-state index is 11.9. The number of carbonyl (C=O) groups excluding carboxylic acids is 1. The molecule has 0 radical (unpaired) electrons. The first-order chi connectivity index (χ1) is 10.1. The fourth-order valence-electron chi connectivity index (χ4n) is 1.66. The molecule has 1 aliphatic heterocycles. The van der Waals surface area contributed by atoms with E-state index in [0.29, 0.717) is 37.4 Å². The van der Waals surface area contributed by atoms with Crippen LogP contribution in [0.25, 0.3) is 0 Å². The average molecular weight is 314 g/mol. The molecule has 0 bridgehead atoms. The molecule has 2 heterocycles. The highest BCUT2D eigenvalue weighted by molar-refractivity contribution is 7.80. The smallest absolute Gasteiger partial charge is 0.266 e. The van der Waals surface area contributed by atoms with Crippen molar-refractivity contribution in [3.63, 3.8) is 0 Å². The summed E-state index contributed by atoms with van der Waals surface area (Å²) in [5.41, 5.74) is 5.02. The van der Waals surface area contributed by atoms with Crippen LogP contribution in [0, 0.1) is 0 Å². The SMILES string of the molecule is CNC(=S)NNC(=O)C(C)n1nnc(N2CCOCC2)n1. The van der Waals surface area contributed by atoms with E-state index in [1.165, 1.54) is 4.80 Å². The number of hydrogen-bond acceptors (Lipinski definition) is 7. The van der Waals surface area contributed by atoms with Gasteiger partial charge < -0.3 is 15.0 Å². The Kier molecular flexibility index (Phi) is 5.22. The van der Waals surface area contributed by atoms with Crippen molar-refractivity contribution in [2.24, 2.45) is 0 Å². The van der Waals surface area contributed by atoms with Crippen molar-refractivity contribution in [1.82, 2.24) is 36.4 Å². The van der Waals surface area contributed by atoms with Gasteiger partial charge >= 0.3 is 0 Å². The molecule has 10 nitrogen and oxygen atoms in total. The van der Waals surface area contributed by atoms with E-state index in [2.05, 4.69) is 31.6 Å². The first kappa shape index (κ1) is 15.4. The number of nitrogens with one attached hydrogen (secondary N) is 3. The van der Waals surface area contributed by atoms with Crippen molar-refractivity contribution in [3.8, 4) is 0 Å². The fraction of sp³-hybridized carbons (Fsp3) is 0.700. The molecule has 1 fully saturated rings. The largest absolute Gasteiger partial charge is 0.378 e. The minimum Gasteiger partial charge on any atom is -0.378 e. The van der Waals surface area contributed by atoms with Gasteiger partial charge in [-0.1, -0.05) is 5.10 Å². The van der Waals surface area contributed by atoms with Crippen LogP contribution in [-0.2, 0) is 9.53 Å². The number of aromatic nitrogens is 4. The van der Waals surface area contributed by atoms with Gasteiger partial charge in [0.1, 0.15) is 0 Å². The molecule has 1 aliphatic rings. The van der Waals surface area contributed by atoms with Crippen LogP contribution >= 0.6 is 12.2 Å². The Morgan fingerprint density at radius 3 is 2.76 bits per heavy atom. The second-order valence-corrected chi connectivity index (χ2v) is 4.79. The van der Waals surface area contributed by atoms with Crippen molar-refractivity contribution in [3.05, 3.63) is 0 Å². The highest BCUT2D eigenvalue weighted by atomic mass is 32.1. The molecule has 3 N–H and O–H groups in total. The predicted molar refractivity (Wildman–Crippen MR) is 78.5 cm³/mol. The third kappa shape index (κ3) is 3.98. The Hall–Kier alpha value is -2.01. The number of ether oxygens (including phenoxy) is 1. The lowest BCUT2D eigenvalue weighted by atomic mass is 10.3. The van der Waals surface area contributed by atoms with Crippen molar-refractivity contribution in [1.29, 1.82) is 0 Å². The Morgan fingerprint density at radius 1 is 1.38 bits per heavy atom. The molecule has 1 saturated heterocycles. The third-order valence-electron chi connectivity index (χ3n) is 2.96. The number of rotatable bonds is 3. The van der Waals surface area contributed by atoms with Crippen molar-refractivity contribution >= 4 is 29.2 Å². The molecule has 1 atom stereocenters. The number of morpholine rings is 1. The normalized spacial score (nSPS) is 16.2. The van der Waals surface area contributed by atoms with Gasteiger partial charge in [-0.3, -0.25) is 15.6 Å². The zero-order valence-electron chi connectivity index (χ0n) is 11.9. The molecular weight excluding hydrogens is 296 g/mol. The minimum absolute atomic E-state index is 0.316. The van der Waals surface area contributed by atoms with E-state index in [-0.39, 0.29) is 5.91 Å². The van der Waals surface area contributed by atoms with Gasteiger partial charge in [-0.15, -0.1) is 9.90 Å². The molecule has 0 saturated carbocycles. The second-order valence-electron chi connectivity index (χ2n) is 4.38. The Labute approximate surface area is 127 Å². The average Bonchev–Trinajstić information content (AvgIpc) is 3.02. The molecular formula is C10H18N8O2S. The molecule has 0 aliphatic carbocycles. The van der Waals surface area contributed by atoms with Crippen LogP contribution in [0.5, 0.6) is 0 Å². The van der Waals surface area contributed by atoms with E-state index in [1.54, 1.807) is 14.0 Å². The van der Waals surface area contributed by atoms with Crippen LogP contribution < -0.4 is 21.1 Å². The number of thiocarbonyl (C=S) groups is 1. The van der Waals surface area contributed by atoms with Crippen molar-refractivity contribution < 1.29 is 9.53 Å². The summed E-state index contributed by atoms with van der Waals surface area (Å²) >= 11 is 4.86. The molecule has 0 spiro atoms. The van der Waals surface area contributed by atoms with Crippen molar-refractivity contribution in [2.45, 2.75) is 13.0 Å². The van der Waals surface area contributed by atoms with Gasteiger partial charge in [0.25, 0.3) is 11.9 Å². The number of carbonyl (C=O) groups is 1. The zero-order chi connectivity index (χ0) is 15.2. The fourth-order valence-corrected chi connectivity index (χ4v) is 1.71. The highest BCUT2D eigenvalue weighted by Gasteiger charge is 2.21. The number of nitrogens with zero attached hydrogens (tertiary/aromatic N) is 5. The van der Waals surface area contributed by atoms with E-state index in [4.69, 9.17) is 17.0 Å². The number of tetrazole rings is 1. The van der Waals surface area contributed by atoms with Gasteiger partial charge in [0.2, 0.25) is 0 Å². The molecule has 116 valence electrons. The number of amides is 1. The molecule has 1 aromatic heterocycles. The Bertz CT molecular complexity index is 501. The Morgan fingerprint density at radius 2 is 2.10 bits per heavy atom. The van der Waals surface area contributed by atoms with E-state index in [1.807, 2.05) is 4.90 Å². The topological polar surface area (TPSA) is 109 Å². The summed E-state index contributed by atoms with van der Waals surface area (Å²) in [7, 11) is 1.65. The first-order valence-electron chi connectivity index (χ1n) is 6.51. The summed E-state index contributed by atoms with van der Waals surface area (Å²) in [6.07, 6.45) is 0. The molecule has 11 heteroatoms. The summed E-state index contributed by atoms with van der Waals surface area (Å²) < 4.78 is 5.26. The Balaban J connectivity index is 1.93. The van der Waals surface area contributed by atoms with Gasteiger partial charge in [0, 0.05) is 20.1 Å². The van der Waals surface area contributed by atoms with Gasteiger partial charge in [-0.2, -0.15) is 0 Å². The van der Waals surface area contributed by atoms with Gasteiger partial charge in [-0.25, -0.2) is 0 Å². The molecule has 21 heavy (non-hydrogen) atoms. The minimum atomic E-state index is -0.612. The van der Waals surface area contributed by atoms with Gasteiger partial charge in [-0.05, 0) is 24.4 Å². The van der Waals surface area contributed by atoms with Crippen LogP contribution in [0.3, 0.4) is 0 Å². The van der Waals surface area contributed by atoms with Crippen LogP contribution in [0.4, 0.5) is 5.95 Å². The summed E-state index contributed by atoms with van der Waals surface area (Å²) in [4.78, 5) is 15.2. The second kappa shape index (κ2) is 7.13. The number of hydrogen-bond donors (Lipinski definition) is 3.